The molecule has 143 heavy (non-hydrogen) atoms. The summed E-state index contributed by atoms with van der Waals surface area (Å²) in [5.74, 6) is -0.553. The monoisotopic (exact) mass is 1990 g/mol. The van der Waals surface area contributed by atoms with Crippen molar-refractivity contribution < 1.29 is 86.8 Å². The van der Waals surface area contributed by atoms with E-state index in [0.29, 0.717) is 190 Å². The second-order valence-electron chi connectivity index (χ2n) is 36.7. The van der Waals surface area contributed by atoms with Crippen LogP contribution in [0.1, 0.15) is 197 Å². The number of ether oxygens (including phenoxy) is 5. The Morgan fingerprint density at radius 1 is 0.420 bits per heavy atom. The molecule has 0 bridgehead atoms. The minimum atomic E-state index is -4.66. The molecule has 42 heteroatoms. The molecular formula is C101H117F10N23O9. The van der Waals surface area contributed by atoms with E-state index in [2.05, 4.69) is 46.2 Å². The number of rotatable bonds is 22. The standard InChI is InChI=1S/C27H30F3N5O3.C25H28F4N6O2.C25H31FN6O2.C24H28F2N6O2/c1-3-25(36)34-9-5-23-20(15-34)27(33-35(23)17-6-10-38-11-7-17)32-22-14-19(26(29)30)18(13-21(22)28)16-4-8-31-24(12-16)37-2;1-3-22(36)34-9-6-21-18(14-34)24(32-35(21)16-7-10-37-11-8-16)30-20-5-4-15(12-19(20)26)17-13-33(2)31-23(17)25(27,28)29;1-4-24(33)31-10-7-23-20(15-31)25(29-32(23)18-8-11-34-12-9-18)28-22-6-5-17(13-21(22)26)19-14-27-30(3)16(19)2;1-3-23(33)31-7-4-22-18(14-31)24(29-32(22)16-5-8-34-9-6-16)28-21-11-19(25)17(10-20(21)26)15-12-27-30(2)13-15/h4,8,12-14,17,26H,3,5-7,9-11,15H2,1-2H3,(H,32,33);4-5,12-13,16H,3,6-11,14H2,1-2H3,(H,30,32);5-6,13-14,18H,4,7-12,15H2,1-3H3,(H,28,29);10-13,16H,3-9,14H2,1-2H3,(H,28,29). The van der Waals surface area contributed by atoms with Gasteiger partial charge in [0.15, 0.2) is 29.0 Å². The number of anilines is 8. The van der Waals surface area contributed by atoms with Gasteiger partial charge in [-0.3, -0.25) is 52.0 Å². The van der Waals surface area contributed by atoms with E-state index in [1.54, 1.807) is 44.9 Å². The van der Waals surface area contributed by atoms with Gasteiger partial charge < -0.3 is 64.6 Å². The quantitative estimate of drug-likeness (QED) is 0.0458. The number of amides is 4. The first-order chi connectivity index (χ1) is 68.9. The Kier molecular flexibility index (Phi) is 31.2. The molecule has 0 spiro atoms. The first-order valence-electron chi connectivity index (χ1n) is 48.7. The molecule has 760 valence electrons. The van der Waals surface area contributed by atoms with Crippen molar-refractivity contribution in [3.05, 3.63) is 195 Å². The molecule has 0 unspecified atom stereocenters. The maximum atomic E-state index is 15.4. The zero-order valence-corrected chi connectivity index (χ0v) is 81.3. The summed E-state index contributed by atoms with van der Waals surface area (Å²) in [5, 5.41) is 43.4. The first-order valence-corrected chi connectivity index (χ1v) is 48.7. The first kappa shape index (κ1) is 101. The number of benzene rings is 4. The summed E-state index contributed by atoms with van der Waals surface area (Å²) in [6, 6.07) is 17.3. The Bertz CT molecular complexity index is 6610. The third-order valence-corrected chi connectivity index (χ3v) is 27.7. The molecule has 0 radical (unpaired) electrons. The zero-order valence-electron chi connectivity index (χ0n) is 81.3. The van der Waals surface area contributed by atoms with Gasteiger partial charge in [0.2, 0.25) is 29.5 Å². The van der Waals surface area contributed by atoms with Crippen LogP contribution in [0, 0.1) is 36.0 Å². The van der Waals surface area contributed by atoms with Crippen molar-refractivity contribution in [2.24, 2.45) is 21.1 Å². The molecule has 4 amide bonds. The Morgan fingerprint density at radius 2 is 0.790 bits per heavy atom. The van der Waals surface area contributed by atoms with Crippen molar-refractivity contribution in [3.63, 3.8) is 0 Å². The van der Waals surface area contributed by atoms with Gasteiger partial charge in [0.05, 0.1) is 92.6 Å². The average Bonchev–Trinajstić information content (AvgIpc) is 1.65. The van der Waals surface area contributed by atoms with Gasteiger partial charge in [-0.25, -0.2) is 35.7 Å². The van der Waals surface area contributed by atoms with Crippen molar-refractivity contribution in [3.8, 4) is 50.4 Å². The maximum absolute atomic E-state index is 15.4. The highest BCUT2D eigenvalue weighted by Crippen LogP contribution is 2.45. The highest BCUT2D eigenvalue weighted by Gasteiger charge is 2.41. The maximum Gasteiger partial charge on any atom is 0.435 e. The largest absolute Gasteiger partial charge is 0.481 e. The average molecular weight is 1990 g/mol. The molecule has 8 aliphatic heterocycles. The van der Waals surface area contributed by atoms with Crippen molar-refractivity contribution in [2.75, 3.05) is 107 Å². The normalized spacial score (nSPS) is 16.4. The highest BCUT2D eigenvalue weighted by atomic mass is 19.4. The Hall–Kier alpha value is -13.5. The molecule has 8 aliphatic rings. The topological polar surface area (TPSA) is 313 Å². The van der Waals surface area contributed by atoms with E-state index >= 15 is 17.6 Å². The number of hydrogen-bond acceptors (Lipinski definition) is 21. The lowest BCUT2D eigenvalue weighted by Gasteiger charge is -2.30. The number of halogens is 10. The third kappa shape index (κ3) is 22.2. The Labute approximate surface area is 819 Å². The zero-order chi connectivity index (χ0) is 101. The predicted molar refractivity (Wildman–Crippen MR) is 513 cm³/mol. The van der Waals surface area contributed by atoms with E-state index in [-0.39, 0.29) is 104 Å². The number of carbonyl (C=O) groups excluding carboxylic acids is 4. The molecule has 0 atom stereocenters. The number of nitrogens with one attached hydrogen (secondary N) is 4. The SMILES string of the molecule is CCC(=O)N1CCc2c(c(Nc3cc(C(F)F)c(-c4ccnc(OC)c4)cc3F)nn2C2CCOCC2)C1.CCC(=O)N1CCc2c(c(Nc3cc(F)c(-c4cnn(C)c4)cc3F)nn2C2CCOCC2)C1.CCC(=O)N1CCc2c(c(Nc3ccc(-c4cn(C)nc4C(F)(F)F)cc3F)nn2C2CCOCC2)C1.CCC(=O)N1CCc2c(c(Nc3ccc(-c4cnn(C)c4C)cc3F)nn2C2CCOCC2)C1. The molecule has 0 aliphatic carbocycles. The number of pyridine rings is 1. The van der Waals surface area contributed by atoms with Crippen molar-refractivity contribution in [1.29, 1.82) is 0 Å². The summed E-state index contributed by atoms with van der Waals surface area (Å²) in [4.78, 5) is 60.8. The van der Waals surface area contributed by atoms with E-state index in [1.807, 2.05) is 66.7 Å². The number of nitrogens with zero attached hydrogens (tertiary/aromatic N) is 19. The third-order valence-electron chi connectivity index (χ3n) is 27.7. The van der Waals surface area contributed by atoms with Crippen LogP contribution in [0.4, 0.5) is 89.9 Å². The Morgan fingerprint density at radius 3 is 1.14 bits per heavy atom. The lowest BCUT2D eigenvalue weighted by molar-refractivity contribution is -0.141. The molecule has 4 N–H and O–H groups in total. The van der Waals surface area contributed by atoms with Crippen LogP contribution >= 0.6 is 0 Å². The summed E-state index contributed by atoms with van der Waals surface area (Å²) in [6.45, 7) is 18.6. The van der Waals surface area contributed by atoms with Gasteiger partial charge in [-0.1, -0.05) is 39.8 Å². The number of carbonyl (C=O) groups is 4. The van der Waals surface area contributed by atoms with E-state index < -0.39 is 41.6 Å². The summed E-state index contributed by atoms with van der Waals surface area (Å²) in [7, 11) is 6.40. The van der Waals surface area contributed by atoms with Crippen molar-refractivity contribution in [2.45, 2.75) is 200 Å². The smallest absolute Gasteiger partial charge is 0.435 e. The van der Waals surface area contributed by atoms with Gasteiger partial charge in [0, 0.05) is 261 Å². The number of aromatic nitrogens is 15. The minimum absolute atomic E-state index is 0.00325. The van der Waals surface area contributed by atoms with Crippen LogP contribution in [0.25, 0.3) is 44.5 Å². The number of alkyl halides is 5. The fraction of sp³-hybridized carbons (Fsp3) is 0.465. The lowest BCUT2D eigenvalue weighted by Crippen LogP contribution is -2.36. The van der Waals surface area contributed by atoms with Crippen molar-refractivity contribution in [1.82, 2.24) is 93.0 Å². The summed E-state index contributed by atoms with van der Waals surface area (Å²) in [5.41, 5.74) is 10.2. The van der Waals surface area contributed by atoms with Crippen LogP contribution in [-0.2, 0) is 117 Å². The second-order valence-corrected chi connectivity index (χ2v) is 36.7. The van der Waals surface area contributed by atoms with E-state index in [4.69, 9.17) is 44.1 Å². The van der Waals surface area contributed by atoms with E-state index in [1.165, 1.54) is 73.8 Å². The molecule has 32 nitrogen and oxygen atoms in total. The van der Waals surface area contributed by atoms with Crippen molar-refractivity contribution >= 4 is 69.6 Å². The summed E-state index contributed by atoms with van der Waals surface area (Å²) in [6.07, 6.45) is 11.0. The van der Waals surface area contributed by atoms with Crippen LogP contribution in [0.5, 0.6) is 5.88 Å². The van der Waals surface area contributed by atoms with Gasteiger partial charge in [0.1, 0.15) is 29.1 Å². The molecule has 16 heterocycles. The molecule has 0 saturated carbocycles. The minimum Gasteiger partial charge on any atom is -0.481 e. The van der Waals surface area contributed by atoms with Crippen LogP contribution in [0.15, 0.2) is 104 Å². The molecule has 20 rings (SSSR count). The lowest BCUT2D eigenvalue weighted by atomic mass is 9.99. The summed E-state index contributed by atoms with van der Waals surface area (Å²) >= 11 is 0. The van der Waals surface area contributed by atoms with Gasteiger partial charge in [-0.2, -0.15) is 48.9 Å². The molecule has 4 fully saturated rings. The van der Waals surface area contributed by atoms with E-state index in [0.717, 1.165) is 149 Å². The van der Waals surface area contributed by atoms with Crippen LogP contribution < -0.4 is 26.0 Å². The van der Waals surface area contributed by atoms with Crippen LogP contribution in [0.3, 0.4) is 0 Å². The van der Waals surface area contributed by atoms with Gasteiger partial charge in [-0.05, 0) is 129 Å². The molecule has 8 aromatic heterocycles. The highest BCUT2D eigenvalue weighted by molar-refractivity contribution is 5.81. The number of hydrogen-bond donors (Lipinski definition) is 4. The van der Waals surface area contributed by atoms with Crippen LogP contribution in [-0.4, -0.2) is 203 Å². The molecule has 12 aromatic rings. The van der Waals surface area contributed by atoms with Gasteiger partial charge in [0.25, 0.3) is 6.43 Å². The molecule has 4 aromatic carbocycles. The molecular weight excluding hydrogens is 1870 g/mol. The fourth-order valence-corrected chi connectivity index (χ4v) is 19.9. The second kappa shape index (κ2) is 44.2. The number of fused-ring (bicyclic) bond motifs is 4. The van der Waals surface area contributed by atoms with E-state index in [9.17, 15) is 45.5 Å². The van der Waals surface area contributed by atoms with Gasteiger partial charge >= 0.3 is 6.18 Å². The number of aryl methyl sites for hydroxylation is 3. The predicted octanol–water partition coefficient (Wildman–Crippen LogP) is 18.3. The number of methoxy groups -OCH3 is 1. The van der Waals surface area contributed by atoms with Gasteiger partial charge in [-0.15, -0.1) is 0 Å². The fourth-order valence-electron chi connectivity index (χ4n) is 19.9. The Balaban J connectivity index is 0.000000131. The van der Waals surface area contributed by atoms with Crippen LogP contribution in [0.2, 0.25) is 0 Å². The molecule has 4 saturated heterocycles. The summed E-state index contributed by atoms with van der Waals surface area (Å²) < 4.78 is 184.